The van der Waals surface area contributed by atoms with Gasteiger partial charge in [-0.15, -0.1) is 0 Å². The molecule has 27 heavy (non-hydrogen) atoms. The van der Waals surface area contributed by atoms with Gasteiger partial charge in [0, 0.05) is 31.7 Å². The van der Waals surface area contributed by atoms with Crippen LogP contribution in [0, 0.1) is 6.92 Å². The van der Waals surface area contributed by atoms with E-state index in [-0.39, 0.29) is 17.2 Å². The van der Waals surface area contributed by atoms with Crippen LogP contribution >= 0.6 is 0 Å². The highest BCUT2D eigenvalue weighted by Gasteiger charge is 2.26. The minimum atomic E-state index is -0.111. The molecule has 5 nitrogen and oxygen atoms in total. The molecule has 1 aliphatic rings. The second-order valence-electron chi connectivity index (χ2n) is 8.19. The third-order valence-electron chi connectivity index (χ3n) is 5.14. The van der Waals surface area contributed by atoms with Crippen LogP contribution in [0.25, 0.3) is 0 Å². The predicted molar refractivity (Wildman–Crippen MR) is 105 cm³/mol. The highest BCUT2D eigenvalue weighted by molar-refractivity contribution is 5.96. The van der Waals surface area contributed by atoms with Crippen molar-refractivity contribution in [3.8, 4) is 0 Å². The van der Waals surface area contributed by atoms with Gasteiger partial charge < -0.3 is 14.2 Å². The first-order valence-electron chi connectivity index (χ1n) is 9.50. The standard InChI is InChI=1S/C22H28N2O3/c1-16-8-9-17(22(2,3)4)15-18(16)20(25)23-10-6-11-24(13-12-23)21(26)19-7-5-14-27-19/h5,7-9,14-15H,6,10-13H2,1-4H3. The van der Waals surface area contributed by atoms with Gasteiger partial charge in [-0.2, -0.15) is 0 Å². The normalized spacial score (nSPS) is 15.6. The van der Waals surface area contributed by atoms with E-state index in [1.807, 2.05) is 24.0 Å². The molecule has 1 aromatic heterocycles. The molecule has 1 fully saturated rings. The molecule has 0 unspecified atom stereocenters. The van der Waals surface area contributed by atoms with Crippen LogP contribution in [0.3, 0.4) is 0 Å². The average molecular weight is 368 g/mol. The number of furan rings is 1. The Morgan fingerprint density at radius 2 is 1.63 bits per heavy atom. The number of carbonyl (C=O) groups excluding carboxylic acids is 2. The van der Waals surface area contributed by atoms with E-state index in [1.54, 1.807) is 17.0 Å². The van der Waals surface area contributed by atoms with Crippen LogP contribution in [0.5, 0.6) is 0 Å². The van der Waals surface area contributed by atoms with Gasteiger partial charge in [0.15, 0.2) is 5.76 Å². The molecule has 1 aromatic carbocycles. The van der Waals surface area contributed by atoms with E-state index in [0.717, 1.165) is 23.1 Å². The molecule has 2 amide bonds. The molecule has 144 valence electrons. The van der Waals surface area contributed by atoms with E-state index in [1.165, 1.54) is 6.26 Å². The van der Waals surface area contributed by atoms with E-state index < -0.39 is 0 Å². The first kappa shape index (κ1) is 19.2. The molecule has 3 rings (SSSR count). The van der Waals surface area contributed by atoms with Crippen molar-refractivity contribution >= 4 is 11.8 Å². The lowest BCUT2D eigenvalue weighted by molar-refractivity contribution is 0.0700. The van der Waals surface area contributed by atoms with Crippen LogP contribution in [0.4, 0.5) is 0 Å². The fraction of sp³-hybridized carbons (Fsp3) is 0.455. The van der Waals surface area contributed by atoms with Gasteiger partial charge in [0.2, 0.25) is 0 Å². The van der Waals surface area contributed by atoms with Gasteiger partial charge >= 0.3 is 0 Å². The van der Waals surface area contributed by atoms with Crippen molar-refractivity contribution in [2.24, 2.45) is 0 Å². The van der Waals surface area contributed by atoms with Gasteiger partial charge in [0.1, 0.15) is 0 Å². The van der Waals surface area contributed by atoms with E-state index in [0.29, 0.717) is 31.9 Å². The maximum Gasteiger partial charge on any atom is 0.289 e. The Morgan fingerprint density at radius 1 is 0.963 bits per heavy atom. The summed E-state index contributed by atoms with van der Waals surface area (Å²) in [4.78, 5) is 29.3. The topological polar surface area (TPSA) is 53.8 Å². The highest BCUT2D eigenvalue weighted by atomic mass is 16.3. The lowest BCUT2D eigenvalue weighted by Gasteiger charge is -2.24. The summed E-state index contributed by atoms with van der Waals surface area (Å²) in [6, 6.07) is 9.54. The van der Waals surface area contributed by atoms with Crippen LogP contribution in [-0.4, -0.2) is 47.8 Å². The Kier molecular flexibility index (Phi) is 5.40. The zero-order valence-electron chi connectivity index (χ0n) is 16.6. The molecule has 0 atom stereocenters. The quantitative estimate of drug-likeness (QED) is 0.808. The highest BCUT2D eigenvalue weighted by Crippen LogP contribution is 2.25. The van der Waals surface area contributed by atoms with Crippen molar-refractivity contribution in [3.63, 3.8) is 0 Å². The molecule has 5 heteroatoms. The van der Waals surface area contributed by atoms with E-state index >= 15 is 0 Å². The van der Waals surface area contributed by atoms with Crippen LogP contribution < -0.4 is 0 Å². The van der Waals surface area contributed by atoms with E-state index in [9.17, 15) is 9.59 Å². The lowest BCUT2D eigenvalue weighted by atomic mass is 9.85. The maximum atomic E-state index is 13.2. The Bertz CT molecular complexity index is 819. The smallest absolute Gasteiger partial charge is 0.289 e. The third kappa shape index (κ3) is 4.24. The van der Waals surface area contributed by atoms with Gasteiger partial charge in [-0.05, 0) is 48.1 Å². The van der Waals surface area contributed by atoms with Crippen LogP contribution in [0.15, 0.2) is 41.0 Å². The van der Waals surface area contributed by atoms with E-state index in [2.05, 4.69) is 26.8 Å². The summed E-state index contributed by atoms with van der Waals surface area (Å²) in [6.45, 7) is 10.8. The minimum Gasteiger partial charge on any atom is -0.459 e. The first-order valence-corrected chi connectivity index (χ1v) is 9.50. The van der Waals surface area contributed by atoms with Crippen LogP contribution in [0.1, 0.15) is 59.2 Å². The van der Waals surface area contributed by atoms with Crippen molar-refractivity contribution < 1.29 is 14.0 Å². The van der Waals surface area contributed by atoms with E-state index in [4.69, 9.17) is 4.42 Å². The van der Waals surface area contributed by atoms with Gasteiger partial charge in [-0.1, -0.05) is 32.9 Å². The first-order chi connectivity index (χ1) is 12.8. The van der Waals surface area contributed by atoms with Crippen molar-refractivity contribution in [1.82, 2.24) is 9.80 Å². The Morgan fingerprint density at radius 3 is 2.22 bits per heavy atom. The zero-order valence-corrected chi connectivity index (χ0v) is 16.6. The summed E-state index contributed by atoms with van der Waals surface area (Å²) in [5.74, 6) is 0.287. The molecule has 0 N–H and O–H groups in total. The molecular formula is C22H28N2O3. The van der Waals surface area contributed by atoms with Crippen LogP contribution in [-0.2, 0) is 5.41 Å². The minimum absolute atomic E-state index is 0.00617. The summed E-state index contributed by atoms with van der Waals surface area (Å²) in [6.07, 6.45) is 2.27. The van der Waals surface area contributed by atoms with Gasteiger partial charge in [-0.25, -0.2) is 0 Å². The molecule has 1 saturated heterocycles. The number of amides is 2. The number of hydrogen-bond acceptors (Lipinski definition) is 3. The Hall–Kier alpha value is -2.56. The molecule has 2 aromatic rings. The molecule has 0 bridgehead atoms. The van der Waals surface area contributed by atoms with Gasteiger partial charge in [0.05, 0.1) is 6.26 Å². The third-order valence-corrected chi connectivity index (χ3v) is 5.14. The molecule has 1 aliphatic heterocycles. The number of benzene rings is 1. The number of nitrogens with zero attached hydrogens (tertiary/aromatic N) is 2. The van der Waals surface area contributed by atoms with Crippen molar-refractivity contribution in [2.75, 3.05) is 26.2 Å². The van der Waals surface area contributed by atoms with Crippen molar-refractivity contribution in [3.05, 3.63) is 59.0 Å². The number of carbonyl (C=O) groups is 2. The number of rotatable bonds is 2. The van der Waals surface area contributed by atoms with Gasteiger partial charge in [0.25, 0.3) is 11.8 Å². The molecule has 2 heterocycles. The lowest BCUT2D eigenvalue weighted by Crippen LogP contribution is -2.37. The van der Waals surface area contributed by atoms with Crippen molar-refractivity contribution in [2.45, 2.75) is 39.5 Å². The summed E-state index contributed by atoms with van der Waals surface area (Å²) in [5, 5.41) is 0. The molecule has 0 saturated carbocycles. The summed E-state index contributed by atoms with van der Waals surface area (Å²) in [7, 11) is 0. The molecular weight excluding hydrogens is 340 g/mol. The van der Waals surface area contributed by atoms with Crippen molar-refractivity contribution in [1.29, 1.82) is 0 Å². The fourth-order valence-electron chi connectivity index (χ4n) is 3.37. The van der Waals surface area contributed by atoms with Gasteiger partial charge in [-0.3, -0.25) is 9.59 Å². The summed E-state index contributed by atoms with van der Waals surface area (Å²) >= 11 is 0. The van der Waals surface area contributed by atoms with Crippen LogP contribution in [0.2, 0.25) is 0 Å². The average Bonchev–Trinajstić information content (AvgIpc) is 3.04. The monoisotopic (exact) mass is 368 g/mol. The maximum absolute atomic E-state index is 13.2. The zero-order chi connectivity index (χ0) is 19.6. The summed E-state index contributed by atoms with van der Waals surface area (Å²) in [5.41, 5.74) is 2.89. The predicted octanol–water partition coefficient (Wildman–Crippen LogP) is 3.87. The fourth-order valence-corrected chi connectivity index (χ4v) is 3.37. The number of hydrogen-bond donors (Lipinski definition) is 0. The Balaban J connectivity index is 1.74. The SMILES string of the molecule is Cc1ccc(C(C)(C)C)cc1C(=O)N1CCCN(C(=O)c2ccco2)CC1. The number of aryl methyl sites for hydroxylation is 1. The summed E-state index contributed by atoms with van der Waals surface area (Å²) < 4.78 is 5.22. The molecule has 0 spiro atoms. The Labute approximate surface area is 160 Å². The second kappa shape index (κ2) is 7.59. The molecule has 0 aliphatic carbocycles. The second-order valence-corrected chi connectivity index (χ2v) is 8.19. The molecule has 0 radical (unpaired) electrons. The largest absolute Gasteiger partial charge is 0.459 e.